The highest BCUT2D eigenvalue weighted by Gasteiger charge is 2.42. The van der Waals surface area contributed by atoms with E-state index in [4.69, 9.17) is 4.74 Å². The van der Waals surface area contributed by atoms with Crippen LogP contribution in [0.15, 0.2) is 22.9 Å². The number of hydrogen-bond donors (Lipinski definition) is 0. The molecule has 1 saturated heterocycles. The van der Waals surface area contributed by atoms with Gasteiger partial charge in [-0.2, -0.15) is 0 Å². The third-order valence-corrected chi connectivity index (χ3v) is 5.80. The molecule has 0 saturated carbocycles. The predicted octanol–water partition coefficient (Wildman–Crippen LogP) is 4.48. The Kier molecular flexibility index (Phi) is 2.85. The van der Waals surface area contributed by atoms with Gasteiger partial charge >= 0.3 is 0 Å². The number of aryl methyl sites for hydroxylation is 2. The monoisotopic (exact) mass is 264 g/mol. The topological polar surface area (TPSA) is 9.23 Å². The summed E-state index contributed by atoms with van der Waals surface area (Å²) in [7, 11) is 0. The minimum absolute atomic E-state index is 0.142. The van der Waals surface area contributed by atoms with Crippen LogP contribution >= 0.6 is 22.7 Å². The summed E-state index contributed by atoms with van der Waals surface area (Å²) >= 11 is 3.67. The van der Waals surface area contributed by atoms with E-state index in [1.165, 1.54) is 20.9 Å². The van der Waals surface area contributed by atoms with Crippen LogP contribution in [-0.4, -0.2) is 6.61 Å². The first kappa shape index (κ1) is 11.5. The maximum absolute atomic E-state index is 6.21. The first-order valence-electron chi connectivity index (χ1n) is 5.97. The molecule has 2 aromatic heterocycles. The zero-order valence-electron chi connectivity index (χ0n) is 10.2. The van der Waals surface area contributed by atoms with Gasteiger partial charge in [0.1, 0.15) is 5.60 Å². The van der Waals surface area contributed by atoms with Crippen LogP contribution in [0, 0.1) is 13.8 Å². The minimum Gasteiger partial charge on any atom is -0.364 e. The average molecular weight is 264 g/mol. The Bertz CT molecular complexity index is 476. The zero-order valence-corrected chi connectivity index (χ0v) is 11.8. The molecular weight excluding hydrogens is 248 g/mol. The number of thiophene rings is 2. The molecule has 3 heteroatoms. The molecule has 0 atom stereocenters. The van der Waals surface area contributed by atoms with Crippen LogP contribution in [-0.2, 0) is 10.3 Å². The molecule has 17 heavy (non-hydrogen) atoms. The maximum Gasteiger partial charge on any atom is 0.137 e. The second kappa shape index (κ2) is 4.23. The van der Waals surface area contributed by atoms with Crippen molar-refractivity contribution in [1.82, 2.24) is 0 Å². The highest BCUT2D eigenvalue weighted by Crippen LogP contribution is 2.48. The van der Waals surface area contributed by atoms with Crippen LogP contribution in [0.2, 0.25) is 0 Å². The van der Waals surface area contributed by atoms with Crippen molar-refractivity contribution < 1.29 is 4.74 Å². The molecule has 1 fully saturated rings. The first-order chi connectivity index (χ1) is 8.24. The summed E-state index contributed by atoms with van der Waals surface area (Å²) in [5.74, 6) is 0. The van der Waals surface area contributed by atoms with Crippen molar-refractivity contribution in [3.8, 4) is 0 Å². The molecule has 0 aliphatic carbocycles. The van der Waals surface area contributed by atoms with Crippen molar-refractivity contribution in [1.29, 1.82) is 0 Å². The van der Waals surface area contributed by atoms with E-state index in [1.54, 1.807) is 0 Å². The van der Waals surface area contributed by atoms with E-state index in [9.17, 15) is 0 Å². The van der Waals surface area contributed by atoms with E-state index in [1.807, 2.05) is 22.7 Å². The molecule has 0 N–H and O–H groups in total. The number of hydrogen-bond acceptors (Lipinski definition) is 3. The normalized spacial score (nSPS) is 18.7. The number of rotatable bonds is 2. The van der Waals surface area contributed by atoms with Gasteiger partial charge in [0, 0.05) is 16.4 Å². The molecule has 1 aliphatic rings. The van der Waals surface area contributed by atoms with Crippen molar-refractivity contribution in [2.75, 3.05) is 6.61 Å². The standard InChI is InChI=1S/C14H16OS2/c1-10-4-8-16-12(10)14(6-3-7-15-14)13-11(2)5-9-17-13/h4-5,8-9H,3,6-7H2,1-2H3. The fourth-order valence-electron chi connectivity index (χ4n) is 2.67. The summed E-state index contributed by atoms with van der Waals surface area (Å²) in [6, 6.07) is 4.40. The van der Waals surface area contributed by atoms with Crippen molar-refractivity contribution in [3.63, 3.8) is 0 Å². The van der Waals surface area contributed by atoms with Crippen LogP contribution in [0.3, 0.4) is 0 Å². The van der Waals surface area contributed by atoms with Gasteiger partial charge < -0.3 is 4.74 Å². The second-order valence-electron chi connectivity index (χ2n) is 4.64. The Balaban J connectivity index is 2.18. The SMILES string of the molecule is Cc1ccsc1C1(c2sccc2C)CCCO1. The van der Waals surface area contributed by atoms with Gasteiger partial charge in [-0.25, -0.2) is 0 Å². The molecule has 0 bridgehead atoms. The van der Waals surface area contributed by atoms with Crippen LogP contribution in [0.4, 0.5) is 0 Å². The van der Waals surface area contributed by atoms with Gasteiger partial charge in [0.15, 0.2) is 0 Å². The quantitative estimate of drug-likeness (QED) is 0.777. The molecule has 2 aromatic rings. The summed E-state index contributed by atoms with van der Waals surface area (Å²) in [4.78, 5) is 2.81. The maximum atomic E-state index is 6.21. The second-order valence-corrected chi connectivity index (χ2v) is 6.48. The van der Waals surface area contributed by atoms with Gasteiger partial charge in [0.2, 0.25) is 0 Å². The van der Waals surface area contributed by atoms with Crippen LogP contribution in [0.25, 0.3) is 0 Å². The summed E-state index contributed by atoms with van der Waals surface area (Å²) in [6.45, 7) is 5.27. The van der Waals surface area contributed by atoms with Crippen molar-refractivity contribution >= 4 is 22.7 Å². The summed E-state index contributed by atoms with van der Waals surface area (Å²) < 4.78 is 6.21. The van der Waals surface area contributed by atoms with E-state index < -0.39 is 0 Å². The summed E-state index contributed by atoms with van der Waals surface area (Å²) in [6.07, 6.45) is 2.28. The van der Waals surface area contributed by atoms with E-state index in [-0.39, 0.29) is 5.60 Å². The Morgan fingerprint density at radius 1 is 1.06 bits per heavy atom. The van der Waals surface area contributed by atoms with Gasteiger partial charge in [-0.3, -0.25) is 0 Å². The van der Waals surface area contributed by atoms with E-state index >= 15 is 0 Å². The smallest absolute Gasteiger partial charge is 0.137 e. The molecule has 1 aliphatic heterocycles. The Labute approximate surface area is 110 Å². The van der Waals surface area contributed by atoms with E-state index in [2.05, 4.69) is 36.7 Å². The number of ether oxygens (including phenoxy) is 1. The lowest BCUT2D eigenvalue weighted by atomic mass is 9.92. The molecule has 90 valence electrons. The third kappa shape index (κ3) is 1.68. The Morgan fingerprint density at radius 2 is 1.65 bits per heavy atom. The van der Waals surface area contributed by atoms with Crippen LogP contribution in [0.1, 0.15) is 33.7 Å². The lowest BCUT2D eigenvalue weighted by Gasteiger charge is -2.28. The first-order valence-corrected chi connectivity index (χ1v) is 7.73. The largest absolute Gasteiger partial charge is 0.364 e. The van der Waals surface area contributed by atoms with Gasteiger partial charge in [0.25, 0.3) is 0 Å². The van der Waals surface area contributed by atoms with Gasteiger partial charge in [0.05, 0.1) is 0 Å². The molecule has 3 rings (SSSR count). The lowest BCUT2D eigenvalue weighted by Crippen LogP contribution is -2.25. The molecular formula is C14H16OS2. The van der Waals surface area contributed by atoms with Crippen molar-refractivity contribution in [2.45, 2.75) is 32.3 Å². The summed E-state index contributed by atoms with van der Waals surface area (Å²) in [5, 5.41) is 4.36. The van der Waals surface area contributed by atoms with Gasteiger partial charge in [-0.05, 0) is 60.7 Å². The minimum atomic E-state index is -0.142. The van der Waals surface area contributed by atoms with Crippen LogP contribution < -0.4 is 0 Å². The third-order valence-electron chi connectivity index (χ3n) is 3.48. The van der Waals surface area contributed by atoms with Crippen molar-refractivity contribution in [3.05, 3.63) is 43.8 Å². The fourth-order valence-corrected chi connectivity index (χ4v) is 4.97. The van der Waals surface area contributed by atoms with Crippen molar-refractivity contribution in [2.24, 2.45) is 0 Å². The zero-order chi connectivity index (χ0) is 11.9. The molecule has 3 heterocycles. The van der Waals surface area contributed by atoms with Gasteiger partial charge in [-0.1, -0.05) is 0 Å². The summed E-state index contributed by atoms with van der Waals surface area (Å²) in [5.41, 5.74) is 2.59. The average Bonchev–Trinajstić information content (AvgIpc) is 2.98. The highest BCUT2D eigenvalue weighted by atomic mass is 32.1. The fraction of sp³-hybridized carbons (Fsp3) is 0.429. The van der Waals surface area contributed by atoms with E-state index in [0.717, 1.165) is 19.4 Å². The predicted molar refractivity (Wildman–Crippen MR) is 74.1 cm³/mol. The molecule has 0 aromatic carbocycles. The molecule has 0 unspecified atom stereocenters. The highest BCUT2D eigenvalue weighted by molar-refractivity contribution is 7.12. The lowest BCUT2D eigenvalue weighted by molar-refractivity contribution is 0.0411. The van der Waals surface area contributed by atoms with Crippen LogP contribution in [0.5, 0.6) is 0 Å². The van der Waals surface area contributed by atoms with E-state index in [0.29, 0.717) is 0 Å². The molecule has 0 amide bonds. The molecule has 1 nitrogen and oxygen atoms in total. The van der Waals surface area contributed by atoms with Gasteiger partial charge in [-0.15, -0.1) is 22.7 Å². The Hall–Kier alpha value is -0.640. The Morgan fingerprint density at radius 3 is 2.00 bits per heavy atom. The molecule has 0 spiro atoms. The molecule has 0 radical (unpaired) electrons.